The third kappa shape index (κ3) is 5.07. The maximum atomic E-state index is 11.9. The van der Waals surface area contributed by atoms with Crippen molar-refractivity contribution in [1.29, 1.82) is 0 Å². The van der Waals surface area contributed by atoms with Crippen molar-refractivity contribution in [2.24, 2.45) is 17.3 Å². The fraction of sp³-hybridized carbons (Fsp3) is 0.857. The van der Waals surface area contributed by atoms with Crippen LogP contribution in [0, 0.1) is 17.3 Å². The van der Waals surface area contributed by atoms with Gasteiger partial charge in [0.05, 0.1) is 6.61 Å². The van der Waals surface area contributed by atoms with Gasteiger partial charge < -0.3 is 9.47 Å². The Bertz CT molecular complexity index is 271. The normalized spacial score (nSPS) is 15.1. The zero-order valence-corrected chi connectivity index (χ0v) is 12.3. The Labute approximate surface area is 110 Å². The van der Waals surface area contributed by atoms with E-state index in [0.29, 0.717) is 18.9 Å². The highest BCUT2D eigenvalue weighted by Gasteiger charge is 2.37. The minimum Gasteiger partial charge on any atom is -0.463 e. The molecule has 0 aliphatic rings. The van der Waals surface area contributed by atoms with Crippen molar-refractivity contribution < 1.29 is 19.1 Å². The number of hydrogen-bond donors (Lipinski definition) is 0. The molecule has 0 aromatic rings. The van der Waals surface area contributed by atoms with Gasteiger partial charge in [-0.25, -0.2) is 9.59 Å². The van der Waals surface area contributed by atoms with E-state index in [1.54, 1.807) is 0 Å². The topological polar surface area (TPSA) is 52.6 Å². The lowest BCUT2D eigenvalue weighted by Crippen LogP contribution is -2.40. The molecule has 0 spiro atoms. The predicted molar refractivity (Wildman–Crippen MR) is 69.6 cm³/mol. The largest absolute Gasteiger partial charge is 0.463 e. The zero-order chi connectivity index (χ0) is 14.3. The van der Waals surface area contributed by atoms with Gasteiger partial charge in [-0.1, -0.05) is 41.5 Å². The van der Waals surface area contributed by atoms with Crippen molar-refractivity contribution in [2.45, 2.75) is 54.1 Å². The molecule has 0 bridgehead atoms. The van der Waals surface area contributed by atoms with E-state index in [4.69, 9.17) is 9.47 Å². The first kappa shape index (κ1) is 16.9. The molecular weight excluding hydrogens is 232 g/mol. The molecular formula is C14H25O4. The lowest BCUT2D eigenvalue weighted by molar-refractivity contribution is -0.160. The highest BCUT2D eigenvalue weighted by Crippen LogP contribution is 2.28. The first-order valence-corrected chi connectivity index (χ1v) is 6.45. The van der Waals surface area contributed by atoms with Crippen molar-refractivity contribution in [3.8, 4) is 0 Å². The Morgan fingerprint density at radius 2 is 1.83 bits per heavy atom. The van der Waals surface area contributed by atoms with Crippen LogP contribution in [0.4, 0.5) is 0 Å². The van der Waals surface area contributed by atoms with E-state index in [9.17, 15) is 9.59 Å². The van der Waals surface area contributed by atoms with Crippen LogP contribution in [0.3, 0.4) is 0 Å². The summed E-state index contributed by atoms with van der Waals surface area (Å²) >= 11 is 0. The van der Waals surface area contributed by atoms with E-state index < -0.39 is 17.5 Å². The molecule has 0 aromatic heterocycles. The SMILES string of the molecule is CCC(C)(C)C(O[C]=O)C(=O)OCC(C)C(C)C. The predicted octanol–water partition coefficient (Wildman–Crippen LogP) is 2.71. The van der Waals surface area contributed by atoms with E-state index in [-0.39, 0.29) is 5.92 Å². The fourth-order valence-electron chi connectivity index (χ4n) is 1.24. The molecule has 0 saturated carbocycles. The lowest BCUT2D eigenvalue weighted by atomic mass is 9.83. The molecule has 0 aromatic carbocycles. The van der Waals surface area contributed by atoms with E-state index in [2.05, 4.69) is 13.8 Å². The summed E-state index contributed by atoms with van der Waals surface area (Å²) < 4.78 is 10.00. The van der Waals surface area contributed by atoms with Gasteiger partial charge >= 0.3 is 12.4 Å². The Hall–Kier alpha value is -1.06. The smallest absolute Gasteiger partial charge is 0.418 e. The fourth-order valence-corrected chi connectivity index (χ4v) is 1.24. The van der Waals surface area contributed by atoms with Crippen molar-refractivity contribution in [2.75, 3.05) is 6.61 Å². The molecule has 0 fully saturated rings. The van der Waals surface area contributed by atoms with E-state index >= 15 is 0 Å². The van der Waals surface area contributed by atoms with Gasteiger partial charge in [0.15, 0.2) is 0 Å². The van der Waals surface area contributed by atoms with Crippen LogP contribution >= 0.6 is 0 Å². The van der Waals surface area contributed by atoms with Gasteiger partial charge in [0.25, 0.3) is 0 Å². The van der Waals surface area contributed by atoms with Crippen LogP contribution < -0.4 is 0 Å². The van der Waals surface area contributed by atoms with E-state index in [0.717, 1.165) is 0 Å². The number of hydrogen-bond acceptors (Lipinski definition) is 4. The molecule has 0 aliphatic heterocycles. The maximum Gasteiger partial charge on any atom is 0.418 e. The summed E-state index contributed by atoms with van der Waals surface area (Å²) in [6.45, 7) is 13.5. The molecule has 4 nitrogen and oxygen atoms in total. The van der Waals surface area contributed by atoms with Crippen molar-refractivity contribution in [3.63, 3.8) is 0 Å². The maximum absolute atomic E-state index is 11.9. The standard InChI is InChI=1S/C14H25O4/c1-7-14(5,6)12(18-9-15)13(16)17-8-11(4)10(2)3/h10-12H,7-8H2,1-6H3. The van der Waals surface area contributed by atoms with Gasteiger partial charge in [-0.05, 0) is 18.3 Å². The second kappa shape index (κ2) is 7.39. The molecule has 105 valence electrons. The van der Waals surface area contributed by atoms with Crippen LogP contribution in [-0.4, -0.2) is 25.2 Å². The second-order valence-corrected chi connectivity index (χ2v) is 5.77. The summed E-state index contributed by atoms with van der Waals surface area (Å²) in [5, 5.41) is 0. The molecule has 4 heteroatoms. The number of carbonyl (C=O) groups excluding carboxylic acids is 2. The highest BCUT2D eigenvalue weighted by molar-refractivity contribution is 5.77. The number of carbonyl (C=O) groups is 1. The van der Waals surface area contributed by atoms with Crippen LogP contribution in [0.2, 0.25) is 0 Å². The monoisotopic (exact) mass is 257 g/mol. The lowest BCUT2D eigenvalue weighted by Gasteiger charge is -2.30. The summed E-state index contributed by atoms with van der Waals surface area (Å²) in [7, 11) is 0. The number of rotatable bonds is 8. The van der Waals surface area contributed by atoms with E-state index in [1.165, 1.54) is 6.47 Å². The molecule has 2 atom stereocenters. The molecule has 0 heterocycles. The molecule has 0 rings (SSSR count). The van der Waals surface area contributed by atoms with Gasteiger partial charge in [0.1, 0.15) is 0 Å². The molecule has 1 radical (unpaired) electrons. The molecule has 0 aliphatic carbocycles. The molecule has 0 N–H and O–H groups in total. The molecule has 0 saturated heterocycles. The highest BCUT2D eigenvalue weighted by atomic mass is 16.6. The first-order valence-electron chi connectivity index (χ1n) is 6.45. The Morgan fingerprint density at radius 3 is 2.22 bits per heavy atom. The summed E-state index contributed by atoms with van der Waals surface area (Å²) in [6, 6.07) is 0. The van der Waals surface area contributed by atoms with Gasteiger partial charge in [0, 0.05) is 5.41 Å². The van der Waals surface area contributed by atoms with Crippen LogP contribution in [0.5, 0.6) is 0 Å². The van der Waals surface area contributed by atoms with E-state index in [1.807, 2.05) is 27.7 Å². The van der Waals surface area contributed by atoms with Crippen LogP contribution in [-0.2, 0) is 19.1 Å². The average molecular weight is 257 g/mol. The van der Waals surface area contributed by atoms with Crippen LogP contribution in [0.1, 0.15) is 48.0 Å². The summed E-state index contributed by atoms with van der Waals surface area (Å²) in [6.07, 6.45) is -0.187. The zero-order valence-electron chi connectivity index (χ0n) is 12.3. The number of ether oxygens (including phenoxy) is 2. The first-order chi connectivity index (χ1) is 8.26. The third-order valence-electron chi connectivity index (χ3n) is 3.63. The Kier molecular flexibility index (Phi) is 6.96. The Balaban J connectivity index is 4.54. The number of esters is 1. The second-order valence-electron chi connectivity index (χ2n) is 5.77. The minimum absolute atomic E-state index is 0.277. The van der Waals surface area contributed by atoms with Crippen molar-refractivity contribution >= 4 is 12.4 Å². The van der Waals surface area contributed by atoms with Crippen LogP contribution in [0.15, 0.2) is 0 Å². The van der Waals surface area contributed by atoms with Crippen LogP contribution in [0.25, 0.3) is 0 Å². The minimum atomic E-state index is -0.889. The summed E-state index contributed by atoms with van der Waals surface area (Å²) in [4.78, 5) is 22.3. The van der Waals surface area contributed by atoms with Gasteiger partial charge in [-0.2, -0.15) is 0 Å². The molecule has 2 unspecified atom stereocenters. The quantitative estimate of drug-likeness (QED) is 0.627. The Morgan fingerprint density at radius 1 is 1.28 bits per heavy atom. The van der Waals surface area contributed by atoms with Gasteiger partial charge in [-0.15, -0.1) is 0 Å². The van der Waals surface area contributed by atoms with Crippen molar-refractivity contribution in [1.82, 2.24) is 0 Å². The molecule has 18 heavy (non-hydrogen) atoms. The summed E-state index contributed by atoms with van der Waals surface area (Å²) in [5.74, 6) is 0.228. The molecule has 0 amide bonds. The summed E-state index contributed by atoms with van der Waals surface area (Å²) in [5.41, 5.74) is -0.449. The van der Waals surface area contributed by atoms with Crippen molar-refractivity contribution in [3.05, 3.63) is 0 Å². The van der Waals surface area contributed by atoms with Gasteiger partial charge in [-0.3, -0.25) is 0 Å². The average Bonchev–Trinajstić information content (AvgIpc) is 2.32. The third-order valence-corrected chi connectivity index (χ3v) is 3.63. The van der Waals surface area contributed by atoms with Gasteiger partial charge in [0.2, 0.25) is 6.10 Å².